The molecular weight excluding hydrogens is 344 g/mol. The molecule has 2 N–H and O–H groups in total. The zero-order valence-corrected chi connectivity index (χ0v) is 15.1. The molecule has 8 bridgehead atoms. The van der Waals surface area contributed by atoms with Crippen LogP contribution in [0, 0.1) is 0 Å². The number of hydrogen-bond donors (Lipinski definition) is 2. The van der Waals surface area contributed by atoms with Gasteiger partial charge in [0.2, 0.25) is 0 Å². The Morgan fingerprint density at radius 2 is 0.857 bits per heavy atom. The molecule has 4 nitrogen and oxygen atoms in total. The van der Waals surface area contributed by atoms with Gasteiger partial charge < -0.3 is 9.97 Å². The summed E-state index contributed by atoms with van der Waals surface area (Å²) in [5.41, 5.74) is 7.86. The predicted molar refractivity (Wildman–Crippen MR) is 116 cm³/mol. The summed E-state index contributed by atoms with van der Waals surface area (Å²) in [6, 6.07) is 24.4. The Morgan fingerprint density at radius 3 is 1.39 bits per heavy atom. The van der Waals surface area contributed by atoms with Crippen molar-refractivity contribution in [1.82, 2.24) is 19.9 Å². The minimum atomic E-state index is 0.926. The largest absolute Gasteiger partial charge is 0.355 e. The molecular formula is C24H18N4. The molecule has 2 aliphatic rings. The minimum absolute atomic E-state index is 0.926. The standard InChI is InChI=1S/C24H18N4/c1-3-17-7-11-21(25-17)15-23-13-9-19(27-23)5-2-6-20-10-14-24(28-20)16-22-12-8-18(4-1)26-22/h1-16,25-26H. The van der Waals surface area contributed by atoms with Crippen LogP contribution in [-0.4, -0.2) is 19.9 Å². The van der Waals surface area contributed by atoms with Crippen LogP contribution in [0.2, 0.25) is 0 Å². The second-order valence-electron chi connectivity index (χ2n) is 6.67. The molecule has 5 rings (SSSR count). The number of H-pyrrole nitrogens is 2. The van der Waals surface area contributed by atoms with E-state index in [0.29, 0.717) is 0 Å². The van der Waals surface area contributed by atoms with E-state index in [1.165, 1.54) is 0 Å². The number of fused-ring (bicyclic) bond motifs is 8. The van der Waals surface area contributed by atoms with E-state index in [4.69, 9.17) is 0 Å². The minimum Gasteiger partial charge on any atom is -0.355 e. The van der Waals surface area contributed by atoms with Crippen molar-refractivity contribution < 1.29 is 0 Å². The van der Waals surface area contributed by atoms with Crippen LogP contribution < -0.4 is 0 Å². The molecule has 3 aromatic rings. The molecule has 0 fully saturated rings. The number of nitrogens with one attached hydrogen (secondary N) is 2. The maximum absolute atomic E-state index is 4.62. The molecule has 5 heterocycles. The molecule has 3 aromatic heterocycles. The lowest BCUT2D eigenvalue weighted by molar-refractivity contribution is 1.31. The predicted octanol–water partition coefficient (Wildman–Crippen LogP) is 5.78. The Bertz CT molecular complexity index is 1220. The fourth-order valence-electron chi connectivity index (χ4n) is 3.18. The van der Waals surface area contributed by atoms with Crippen molar-refractivity contribution in [2.75, 3.05) is 0 Å². The molecule has 2 aliphatic heterocycles. The monoisotopic (exact) mass is 362 g/mol. The van der Waals surface area contributed by atoms with E-state index in [1.807, 2.05) is 72.8 Å². The first kappa shape index (κ1) is 16.3. The topological polar surface area (TPSA) is 57.4 Å². The number of rotatable bonds is 0. The third kappa shape index (κ3) is 3.62. The van der Waals surface area contributed by atoms with E-state index in [-0.39, 0.29) is 0 Å². The van der Waals surface area contributed by atoms with E-state index in [0.717, 1.165) is 44.8 Å². The highest BCUT2D eigenvalue weighted by Crippen LogP contribution is 2.14. The van der Waals surface area contributed by atoms with E-state index in [9.17, 15) is 0 Å². The van der Waals surface area contributed by atoms with E-state index in [1.54, 1.807) is 0 Å². The summed E-state index contributed by atoms with van der Waals surface area (Å²) in [5, 5.41) is 0. The maximum atomic E-state index is 4.62. The lowest BCUT2D eigenvalue weighted by Gasteiger charge is -1.83. The fourth-order valence-corrected chi connectivity index (χ4v) is 3.18. The van der Waals surface area contributed by atoms with Crippen molar-refractivity contribution in [2.24, 2.45) is 0 Å². The molecule has 0 radical (unpaired) electrons. The molecule has 0 amide bonds. The van der Waals surface area contributed by atoms with Gasteiger partial charge in [-0.1, -0.05) is 12.1 Å². The number of aromatic amines is 2. The summed E-state index contributed by atoms with van der Waals surface area (Å²) < 4.78 is 0. The first-order valence-corrected chi connectivity index (χ1v) is 9.18. The molecule has 0 unspecified atom stereocenters. The average molecular weight is 362 g/mol. The summed E-state index contributed by atoms with van der Waals surface area (Å²) in [5.74, 6) is 0. The molecule has 0 aromatic carbocycles. The summed E-state index contributed by atoms with van der Waals surface area (Å²) in [6.45, 7) is 0. The van der Waals surface area contributed by atoms with Gasteiger partial charge in [-0.15, -0.1) is 0 Å². The second kappa shape index (κ2) is 7.00. The first-order chi connectivity index (χ1) is 13.8. The van der Waals surface area contributed by atoms with Gasteiger partial charge in [-0.25, -0.2) is 9.97 Å². The summed E-state index contributed by atoms with van der Waals surface area (Å²) in [7, 11) is 0. The van der Waals surface area contributed by atoms with E-state index >= 15 is 0 Å². The van der Waals surface area contributed by atoms with Crippen LogP contribution in [0.4, 0.5) is 0 Å². The summed E-state index contributed by atoms with van der Waals surface area (Å²) in [6.07, 6.45) is 8.06. The van der Waals surface area contributed by atoms with Crippen molar-refractivity contribution in [2.45, 2.75) is 0 Å². The highest BCUT2D eigenvalue weighted by Gasteiger charge is 1.98. The lowest BCUT2D eigenvalue weighted by Crippen LogP contribution is -1.73. The average Bonchev–Trinajstić information content (AvgIpc) is 3.46. The Kier molecular flexibility index (Phi) is 4.07. The van der Waals surface area contributed by atoms with E-state index < -0.39 is 0 Å². The van der Waals surface area contributed by atoms with Gasteiger partial charge in [-0.3, -0.25) is 0 Å². The number of hydrogen-bond acceptors (Lipinski definition) is 2. The van der Waals surface area contributed by atoms with E-state index in [2.05, 4.69) is 44.2 Å². The number of aromatic nitrogens is 4. The smallest absolute Gasteiger partial charge is 0.0658 e. The van der Waals surface area contributed by atoms with Crippen LogP contribution in [0.1, 0.15) is 22.8 Å². The molecule has 0 saturated carbocycles. The van der Waals surface area contributed by atoms with Gasteiger partial charge in [-0.2, -0.15) is 0 Å². The van der Waals surface area contributed by atoms with Crippen LogP contribution in [-0.2, 0) is 0 Å². The van der Waals surface area contributed by atoms with Crippen LogP contribution in [0.3, 0.4) is 0 Å². The van der Waals surface area contributed by atoms with Crippen molar-refractivity contribution >= 4 is 46.4 Å². The zero-order valence-electron chi connectivity index (χ0n) is 15.1. The van der Waals surface area contributed by atoms with Crippen molar-refractivity contribution in [3.05, 3.63) is 95.6 Å². The van der Waals surface area contributed by atoms with Crippen LogP contribution >= 0.6 is 0 Å². The number of nitrogens with zero attached hydrogens (tertiary/aromatic N) is 2. The van der Waals surface area contributed by atoms with Gasteiger partial charge >= 0.3 is 0 Å². The normalized spacial score (nSPS) is 12.0. The van der Waals surface area contributed by atoms with Crippen molar-refractivity contribution in [3.8, 4) is 0 Å². The molecule has 0 spiro atoms. The van der Waals surface area contributed by atoms with Crippen LogP contribution in [0.25, 0.3) is 46.4 Å². The Labute approximate surface area is 162 Å². The highest BCUT2D eigenvalue weighted by atomic mass is 14.7. The molecule has 0 aliphatic carbocycles. The van der Waals surface area contributed by atoms with Crippen molar-refractivity contribution in [1.29, 1.82) is 0 Å². The second-order valence-corrected chi connectivity index (χ2v) is 6.67. The van der Waals surface area contributed by atoms with Crippen LogP contribution in [0.15, 0.2) is 72.8 Å². The molecule has 0 saturated heterocycles. The summed E-state index contributed by atoms with van der Waals surface area (Å²) in [4.78, 5) is 16.0. The van der Waals surface area contributed by atoms with Gasteiger partial charge in [0.15, 0.2) is 0 Å². The first-order valence-electron chi connectivity index (χ1n) is 9.18. The Morgan fingerprint density at radius 1 is 0.429 bits per heavy atom. The molecule has 4 heteroatoms. The Balaban J connectivity index is 1.71. The van der Waals surface area contributed by atoms with Gasteiger partial charge in [0, 0.05) is 22.1 Å². The third-order valence-corrected chi connectivity index (χ3v) is 4.52. The van der Waals surface area contributed by atoms with Gasteiger partial charge in [0.25, 0.3) is 0 Å². The SMILES string of the molecule is C1=Cc2cc3ccc(cccc4ccc(cc5nc(cccc1n2)C=C5)[nH]4)[nH]3. The van der Waals surface area contributed by atoms with Crippen molar-refractivity contribution in [3.63, 3.8) is 0 Å². The quantitative estimate of drug-likeness (QED) is 0.367. The molecule has 28 heavy (non-hydrogen) atoms. The van der Waals surface area contributed by atoms with Gasteiger partial charge in [0.05, 0.1) is 22.8 Å². The zero-order chi connectivity index (χ0) is 18.8. The lowest BCUT2D eigenvalue weighted by atomic mass is 10.3. The van der Waals surface area contributed by atoms with Gasteiger partial charge in [-0.05, 0) is 85.0 Å². The molecule has 134 valence electrons. The van der Waals surface area contributed by atoms with Crippen LogP contribution in [0.5, 0.6) is 0 Å². The maximum Gasteiger partial charge on any atom is 0.0658 e. The van der Waals surface area contributed by atoms with Gasteiger partial charge in [0.1, 0.15) is 0 Å². The Hall–Kier alpha value is -3.92. The highest BCUT2D eigenvalue weighted by molar-refractivity contribution is 5.74. The molecule has 0 atom stereocenters. The third-order valence-electron chi connectivity index (χ3n) is 4.52. The summed E-state index contributed by atoms with van der Waals surface area (Å²) >= 11 is 0. The fraction of sp³-hybridized carbons (Fsp3) is 0.